The Morgan fingerprint density at radius 3 is 1.15 bits per heavy atom. The first-order valence-corrected chi connectivity index (χ1v) is 5.61. The fourth-order valence-corrected chi connectivity index (χ4v) is 0.842. The van der Waals surface area contributed by atoms with E-state index in [0.717, 1.165) is 0 Å². The second-order valence-corrected chi connectivity index (χ2v) is 3.90. The third kappa shape index (κ3) is 13.9. The van der Waals surface area contributed by atoms with Gasteiger partial charge in [0.05, 0.1) is 0 Å². The normalized spacial score (nSPS) is 12.5. The fraction of sp³-hybridized carbons (Fsp3) is 0.600. The predicted molar refractivity (Wildman–Crippen MR) is 68.1 cm³/mol. The molecule has 0 saturated carbocycles. The van der Waals surface area contributed by atoms with Crippen molar-refractivity contribution in [2.75, 3.05) is 0 Å². The maximum atomic E-state index is 10.1. The molecule has 10 heteroatoms. The lowest BCUT2D eigenvalue weighted by atomic mass is 10.2. The van der Waals surface area contributed by atoms with Crippen LogP contribution in [0.15, 0.2) is 0 Å². The molecule has 2 atom stereocenters. The quantitative estimate of drug-likeness (QED) is 0.276. The van der Waals surface area contributed by atoms with Crippen molar-refractivity contribution in [1.82, 2.24) is 0 Å². The molecule has 0 aromatic rings. The molecule has 0 unspecified atom stereocenters. The van der Waals surface area contributed by atoms with Crippen LogP contribution in [0, 0.1) is 0 Å². The van der Waals surface area contributed by atoms with Crippen LogP contribution in [-0.2, 0) is 19.2 Å². The summed E-state index contributed by atoms with van der Waals surface area (Å²) in [5.41, 5.74) is 19.6. The zero-order chi connectivity index (χ0) is 16.3. The van der Waals surface area contributed by atoms with E-state index in [1.54, 1.807) is 0 Å². The van der Waals surface area contributed by atoms with Crippen LogP contribution in [0.3, 0.4) is 0 Å². The van der Waals surface area contributed by atoms with Crippen molar-refractivity contribution in [3.63, 3.8) is 0 Å². The molecule has 116 valence electrons. The number of carbonyl (C=O) groups is 4. The lowest BCUT2D eigenvalue weighted by molar-refractivity contribution is -0.139. The molecule has 0 radical (unpaired) electrons. The molecule has 0 bridgehead atoms. The lowest BCUT2D eigenvalue weighted by Crippen LogP contribution is -2.31. The number of carboxylic acids is 2. The van der Waals surface area contributed by atoms with Gasteiger partial charge in [0, 0.05) is 12.8 Å². The molecule has 0 saturated heterocycles. The number of nitrogens with two attached hydrogens (primary N) is 4. The summed E-state index contributed by atoms with van der Waals surface area (Å²) in [5, 5.41) is 16.4. The zero-order valence-corrected chi connectivity index (χ0v) is 10.8. The van der Waals surface area contributed by atoms with Crippen molar-refractivity contribution in [2.24, 2.45) is 22.9 Å². The Morgan fingerprint density at radius 2 is 1.00 bits per heavy atom. The molecule has 0 heterocycles. The smallest absolute Gasteiger partial charge is 0.320 e. The van der Waals surface area contributed by atoms with Crippen molar-refractivity contribution >= 4 is 23.8 Å². The minimum Gasteiger partial charge on any atom is -0.480 e. The maximum Gasteiger partial charge on any atom is 0.320 e. The minimum absolute atomic E-state index is 0.0213. The molecule has 20 heavy (non-hydrogen) atoms. The van der Waals surface area contributed by atoms with Crippen molar-refractivity contribution in [2.45, 2.75) is 37.8 Å². The number of carboxylic acid groups (broad SMARTS) is 2. The number of carbonyl (C=O) groups excluding carboxylic acids is 2. The molecule has 10 nitrogen and oxygen atoms in total. The Morgan fingerprint density at radius 1 is 0.750 bits per heavy atom. The molecule has 10 N–H and O–H groups in total. The minimum atomic E-state index is -1.11. The summed E-state index contributed by atoms with van der Waals surface area (Å²) < 4.78 is 0. The van der Waals surface area contributed by atoms with Crippen LogP contribution in [-0.4, -0.2) is 46.0 Å². The van der Waals surface area contributed by atoms with E-state index in [2.05, 4.69) is 0 Å². The Bertz CT molecular complexity index is 326. The van der Waals surface area contributed by atoms with Crippen molar-refractivity contribution in [3.8, 4) is 0 Å². The van der Waals surface area contributed by atoms with Crippen LogP contribution < -0.4 is 22.9 Å². The van der Waals surface area contributed by atoms with Gasteiger partial charge >= 0.3 is 11.9 Å². The van der Waals surface area contributed by atoms with Gasteiger partial charge in [-0.05, 0) is 12.8 Å². The van der Waals surface area contributed by atoms with Crippen molar-refractivity contribution in [1.29, 1.82) is 0 Å². The molecule has 0 fully saturated rings. The van der Waals surface area contributed by atoms with Gasteiger partial charge in [0.2, 0.25) is 11.8 Å². The van der Waals surface area contributed by atoms with E-state index in [1.165, 1.54) is 0 Å². The summed E-state index contributed by atoms with van der Waals surface area (Å²) >= 11 is 0. The summed E-state index contributed by atoms with van der Waals surface area (Å²) in [5.74, 6) is -3.28. The summed E-state index contributed by atoms with van der Waals surface area (Å²) in [7, 11) is 0. The van der Waals surface area contributed by atoms with Gasteiger partial charge in [-0.15, -0.1) is 0 Å². The first-order valence-electron chi connectivity index (χ1n) is 5.61. The first kappa shape index (κ1) is 20.1. The van der Waals surface area contributed by atoms with Crippen LogP contribution in [0.25, 0.3) is 0 Å². The molecule has 0 aromatic heterocycles. The highest BCUT2D eigenvalue weighted by molar-refractivity contribution is 5.77. The van der Waals surface area contributed by atoms with Crippen LogP contribution >= 0.6 is 0 Å². The molecular weight excluding hydrogens is 272 g/mol. The van der Waals surface area contributed by atoms with E-state index in [9.17, 15) is 19.2 Å². The van der Waals surface area contributed by atoms with Crippen LogP contribution in [0.4, 0.5) is 0 Å². The van der Waals surface area contributed by atoms with E-state index in [4.69, 9.17) is 33.1 Å². The van der Waals surface area contributed by atoms with E-state index in [-0.39, 0.29) is 25.7 Å². The number of hydrogen-bond acceptors (Lipinski definition) is 6. The summed E-state index contributed by atoms with van der Waals surface area (Å²) in [6.45, 7) is 0. The standard InChI is InChI=1S/2C5H10N2O3/c2*6-3(5(9)10)1-2-4(7)8/h2*3H,1-2,6H2,(H2,7,8)(H,9,10)/t2*3-/m10/s1. The zero-order valence-electron chi connectivity index (χ0n) is 10.8. The maximum absolute atomic E-state index is 10.1. The monoisotopic (exact) mass is 292 g/mol. The first-order chi connectivity index (χ1) is 9.07. The highest BCUT2D eigenvalue weighted by Gasteiger charge is 2.12. The SMILES string of the molecule is NC(=O)CC[C@@H](N)C(=O)O.NC(=O)CC[C@H](N)C(=O)O. The predicted octanol–water partition coefficient (Wildman–Crippen LogP) is -2.67. The van der Waals surface area contributed by atoms with Gasteiger partial charge in [-0.1, -0.05) is 0 Å². The van der Waals surface area contributed by atoms with Gasteiger partial charge in [-0.3, -0.25) is 19.2 Å². The third-order valence-electron chi connectivity index (χ3n) is 2.04. The molecule has 0 aliphatic rings. The number of primary amides is 2. The van der Waals surface area contributed by atoms with Crippen molar-refractivity contribution < 1.29 is 29.4 Å². The molecule has 0 aliphatic carbocycles. The van der Waals surface area contributed by atoms with Gasteiger partial charge < -0.3 is 33.1 Å². The van der Waals surface area contributed by atoms with Crippen molar-refractivity contribution in [3.05, 3.63) is 0 Å². The highest BCUT2D eigenvalue weighted by Crippen LogP contribution is 1.93. The lowest BCUT2D eigenvalue weighted by Gasteiger charge is -2.01. The van der Waals surface area contributed by atoms with Crippen LogP contribution in [0.1, 0.15) is 25.7 Å². The molecule has 0 aromatic carbocycles. The van der Waals surface area contributed by atoms with E-state index >= 15 is 0 Å². The van der Waals surface area contributed by atoms with Gasteiger partial charge in [0.25, 0.3) is 0 Å². The van der Waals surface area contributed by atoms with Crippen LogP contribution in [0.2, 0.25) is 0 Å². The van der Waals surface area contributed by atoms with Gasteiger partial charge in [-0.2, -0.15) is 0 Å². The second kappa shape index (κ2) is 10.7. The number of rotatable bonds is 8. The largest absolute Gasteiger partial charge is 0.480 e. The Hall–Kier alpha value is -2.20. The highest BCUT2D eigenvalue weighted by atomic mass is 16.4. The van der Waals surface area contributed by atoms with Crippen LogP contribution in [0.5, 0.6) is 0 Å². The summed E-state index contributed by atoms with van der Waals surface area (Å²) in [6, 6.07) is -1.96. The van der Waals surface area contributed by atoms with E-state index in [1.807, 2.05) is 0 Å². The van der Waals surface area contributed by atoms with E-state index < -0.39 is 35.8 Å². The number of hydrogen-bond donors (Lipinski definition) is 6. The molecule has 0 spiro atoms. The number of aliphatic carboxylic acids is 2. The molecule has 2 amide bonds. The Balaban J connectivity index is 0. The van der Waals surface area contributed by atoms with Gasteiger partial charge in [0.15, 0.2) is 0 Å². The summed E-state index contributed by atoms with van der Waals surface area (Å²) in [6.07, 6.45) is 0.246. The Kier molecular flexibility index (Phi) is 10.8. The van der Waals surface area contributed by atoms with Gasteiger partial charge in [-0.25, -0.2) is 0 Å². The molecule has 0 rings (SSSR count). The van der Waals surface area contributed by atoms with E-state index in [0.29, 0.717) is 0 Å². The average Bonchev–Trinajstić information content (AvgIpc) is 2.33. The Labute approximate surface area is 115 Å². The fourth-order valence-electron chi connectivity index (χ4n) is 0.842. The topological polar surface area (TPSA) is 213 Å². The number of amides is 2. The third-order valence-corrected chi connectivity index (χ3v) is 2.04. The molecular formula is C10H20N4O6. The van der Waals surface area contributed by atoms with Gasteiger partial charge in [0.1, 0.15) is 12.1 Å². The molecule has 0 aliphatic heterocycles. The average molecular weight is 292 g/mol. The second-order valence-electron chi connectivity index (χ2n) is 3.90. The summed E-state index contributed by atoms with van der Waals surface area (Å²) in [4.78, 5) is 40.3.